The number of carbonyl (C=O) groups excluding carboxylic acids is 1. The topological polar surface area (TPSA) is 26.3 Å². The molecule has 0 aromatic heterocycles. The lowest BCUT2D eigenvalue weighted by Gasteiger charge is -2.23. The van der Waals surface area contributed by atoms with Crippen molar-refractivity contribution in [3.63, 3.8) is 0 Å². The van der Waals surface area contributed by atoms with Crippen molar-refractivity contribution in [2.24, 2.45) is 0 Å². The van der Waals surface area contributed by atoms with Gasteiger partial charge in [0.05, 0.1) is 0 Å². The van der Waals surface area contributed by atoms with Gasteiger partial charge in [-0.25, -0.2) is 8.78 Å². The number of thioether (sulfide) groups is 1. The van der Waals surface area contributed by atoms with Crippen molar-refractivity contribution < 1.29 is 18.3 Å². The summed E-state index contributed by atoms with van der Waals surface area (Å²) in [5.74, 6) is -1.90. The highest BCUT2D eigenvalue weighted by Gasteiger charge is 2.25. The summed E-state index contributed by atoms with van der Waals surface area (Å²) in [5.41, 5.74) is 0. The first-order valence-corrected chi connectivity index (χ1v) is 7.88. The minimum atomic E-state index is -2.52. The molecular formula is C14H26F2O2S. The van der Waals surface area contributed by atoms with Crippen LogP contribution in [-0.2, 0) is 9.53 Å². The van der Waals surface area contributed by atoms with Crippen molar-refractivity contribution >= 4 is 17.7 Å². The number of halogens is 2. The number of hydrogen-bond donors (Lipinski definition) is 0. The minimum Gasteiger partial charge on any atom is -0.464 e. The van der Waals surface area contributed by atoms with E-state index in [9.17, 15) is 13.6 Å². The molecule has 0 fully saturated rings. The fourth-order valence-corrected chi connectivity index (χ4v) is 2.45. The molecule has 0 bridgehead atoms. The molecule has 0 N–H and O–H groups in total. The lowest BCUT2D eigenvalue weighted by molar-refractivity contribution is -0.143. The molecule has 2 nitrogen and oxygen atoms in total. The molecule has 19 heavy (non-hydrogen) atoms. The number of hydrogen-bond acceptors (Lipinski definition) is 3. The second-order valence-corrected chi connectivity index (χ2v) is 7.09. The van der Waals surface area contributed by atoms with E-state index in [1.165, 1.54) is 6.92 Å². The van der Waals surface area contributed by atoms with Crippen molar-refractivity contribution in [3.05, 3.63) is 0 Å². The van der Waals surface area contributed by atoms with E-state index in [4.69, 9.17) is 4.74 Å². The van der Waals surface area contributed by atoms with Gasteiger partial charge in [0.1, 0.15) is 6.61 Å². The summed E-state index contributed by atoms with van der Waals surface area (Å²) < 4.78 is 30.9. The molecule has 5 heteroatoms. The van der Waals surface area contributed by atoms with Crippen molar-refractivity contribution in [1.82, 2.24) is 0 Å². The van der Waals surface area contributed by atoms with Gasteiger partial charge in [-0.15, -0.1) is 0 Å². The monoisotopic (exact) mass is 296 g/mol. The van der Waals surface area contributed by atoms with Crippen molar-refractivity contribution in [2.45, 2.75) is 70.5 Å². The second kappa shape index (κ2) is 8.77. The SMILES string of the molecule is CCC(=O)OCC(C)(C)SCCCCC(F)(F)CC. The minimum absolute atomic E-state index is 0.0324. The molecule has 0 aromatic carbocycles. The summed E-state index contributed by atoms with van der Waals surface area (Å²) in [6.07, 6.45) is 1.57. The van der Waals surface area contributed by atoms with Gasteiger partial charge in [0, 0.05) is 24.0 Å². The Labute approximate surface area is 119 Å². The highest BCUT2D eigenvalue weighted by molar-refractivity contribution is 8.00. The summed E-state index contributed by atoms with van der Waals surface area (Å²) in [4.78, 5) is 11.1. The molecule has 0 rings (SSSR count). The summed E-state index contributed by atoms with van der Waals surface area (Å²) in [5, 5.41) is 0. The molecule has 0 saturated carbocycles. The molecule has 114 valence electrons. The van der Waals surface area contributed by atoms with Gasteiger partial charge in [0.25, 0.3) is 0 Å². The fourth-order valence-electron chi connectivity index (χ4n) is 1.41. The zero-order chi connectivity index (χ0) is 14.9. The van der Waals surface area contributed by atoms with E-state index in [-0.39, 0.29) is 23.6 Å². The standard InChI is InChI=1S/C14H26F2O2S/c1-5-12(17)18-11-13(3,4)19-10-8-7-9-14(15,16)6-2/h5-11H2,1-4H3. The van der Waals surface area contributed by atoms with Gasteiger partial charge >= 0.3 is 5.97 Å². The van der Waals surface area contributed by atoms with Gasteiger partial charge in [-0.3, -0.25) is 4.79 Å². The fraction of sp³-hybridized carbons (Fsp3) is 0.929. The third kappa shape index (κ3) is 10.2. The maximum absolute atomic E-state index is 13.0. The Morgan fingerprint density at radius 1 is 1.21 bits per heavy atom. The number of carbonyl (C=O) groups is 1. The third-order valence-electron chi connectivity index (χ3n) is 2.82. The van der Waals surface area contributed by atoms with E-state index < -0.39 is 5.92 Å². The van der Waals surface area contributed by atoms with Crippen LogP contribution in [0, 0.1) is 0 Å². The van der Waals surface area contributed by atoms with Crippen molar-refractivity contribution in [1.29, 1.82) is 0 Å². The molecular weight excluding hydrogens is 270 g/mol. The molecule has 0 aromatic rings. The zero-order valence-corrected chi connectivity index (χ0v) is 13.2. The number of unbranched alkanes of at least 4 members (excludes halogenated alkanes) is 1. The van der Waals surface area contributed by atoms with Gasteiger partial charge < -0.3 is 4.74 Å². The Hall–Kier alpha value is -0.320. The average Bonchev–Trinajstić information content (AvgIpc) is 2.35. The number of esters is 1. The molecule has 0 spiro atoms. The summed E-state index contributed by atoms with van der Waals surface area (Å²) in [6.45, 7) is 7.65. The van der Waals surface area contributed by atoms with E-state index in [1.807, 2.05) is 13.8 Å². The number of rotatable bonds is 10. The quantitative estimate of drug-likeness (QED) is 0.433. The van der Waals surface area contributed by atoms with Gasteiger partial charge in [0.2, 0.25) is 5.92 Å². The molecule has 0 aliphatic carbocycles. The third-order valence-corrected chi connectivity index (χ3v) is 4.21. The molecule has 0 heterocycles. The highest BCUT2D eigenvalue weighted by atomic mass is 32.2. The maximum atomic E-state index is 13.0. The van der Waals surface area contributed by atoms with Gasteiger partial charge in [-0.2, -0.15) is 11.8 Å². The Morgan fingerprint density at radius 3 is 2.37 bits per heavy atom. The van der Waals surface area contributed by atoms with Gasteiger partial charge in [0.15, 0.2) is 0 Å². The van der Waals surface area contributed by atoms with Crippen LogP contribution in [0.2, 0.25) is 0 Å². The maximum Gasteiger partial charge on any atom is 0.305 e. The Morgan fingerprint density at radius 2 is 1.84 bits per heavy atom. The van der Waals surface area contributed by atoms with Crippen LogP contribution in [0.15, 0.2) is 0 Å². The Balaban J connectivity index is 3.72. The lowest BCUT2D eigenvalue weighted by Crippen LogP contribution is -2.25. The predicted molar refractivity (Wildman–Crippen MR) is 76.9 cm³/mol. The first-order valence-electron chi connectivity index (χ1n) is 6.90. The largest absolute Gasteiger partial charge is 0.464 e. The van der Waals surface area contributed by atoms with Crippen LogP contribution in [0.25, 0.3) is 0 Å². The van der Waals surface area contributed by atoms with Gasteiger partial charge in [-0.1, -0.05) is 13.8 Å². The molecule has 0 saturated heterocycles. The lowest BCUT2D eigenvalue weighted by atomic mass is 10.1. The van der Waals surface area contributed by atoms with Crippen LogP contribution in [0.3, 0.4) is 0 Å². The van der Waals surface area contributed by atoms with E-state index in [2.05, 4.69) is 0 Å². The smallest absolute Gasteiger partial charge is 0.305 e. The molecule has 0 atom stereocenters. The number of ether oxygens (including phenoxy) is 1. The first kappa shape index (κ1) is 18.7. The number of alkyl halides is 2. The molecule has 0 unspecified atom stereocenters. The normalized spacial score (nSPS) is 12.5. The van der Waals surface area contributed by atoms with Crippen LogP contribution < -0.4 is 0 Å². The van der Waals surface area contributed by atoms with Crippen molar-refractivity contribution in [2.75, 3.05) is 12.4 Å². The summed E-state index contributed by atoms with van der Waals surface area (Å²) in [7, 11) is 0. The van der Waals surface area contributed by atoms with Crippen molar-refractivity contribution in [3.8, 4) is 0 Å². The van der Waals surface area contributed by atoms with E-state index in [1.54, 1.807) is 18.7 Å². The highest BCUT2D eigenvalue weighted by Crippen LogP contribution is 2.28. The summed E-state index contributed by atoms with van der Waals surface area (Å²) >= 11 is 1.67. The Bertz CT molecular complexity index is 268. The van der Waals surface area contributed by atoms with Crippen LogP contribution in [-0.4, -0.2) is 29.0 Å². The van der Waals surface area contributed by atoms with E-state index >= 15 is 0 Å². The van der Waals surface area contributed by atoms with Crippen LogP contribution in [0.4, 0.5) is 8.78 Å². The first-order chi connectivity index (χ1) is 8.72. The van der Waals surface area contributed by atoms with Crippen LogP contribution in [0.5, 0.6) is 0 Å². The molecule has 0 aliphatic heterocycles. The zero-order valence-electron chi connectivity index (χ0n) is 12.4. The molecule has 0 radical (unpaired) electrons. The molecule has 0 amide bonds. The van der Waals surface area contributed by atoms with E-state index in [0.717, 1.165) is 12.2 Å². The Kier molecular flexibility index (Phi) is 8.62. The van der Waals surface area contributed by atoms with E-state index in [0.29, 0.717) is 19.4 Å². The second-order valence-electron chi connectivity index (χ2n) is 5.29. The average molecular weight is 296 g/mol. The molecule has 0 aliphatic rings. The van der Waals surface area contributed by atoms with Crippen LogP contribution in [0.1, 0.15) is 59.8 Å². The van der Waals surface area contributed by atoms with Gasteiger partial charge in [-0.05, 0) is 32.4 Å². The van der Waals surface area contributed by atoms with Crippen LogP contribution >= 0.6 is 11.8 Å². The summed E-state index contributed by atoms with van der Waals surface area (Å²) in [6, 6.07) is 0. The predicted octanol–water partition coefficient (Wildman–Crippen LogP) is 4.67.